The zero-order valence-corrected chi connectivity index (χ0v) is 17.6. The highest BCUT2D eigenvalue weighted by molar-refractivity contribution is 14.0. The highest BCUT2D eigenvalue weighted by atomic mass is 127. The van der Waals surface area contributed by atoms with Crippen LogP contribution >= 0.6 is 35.7 Å². The first-order valence-corrected chi connectivity index (χ1v) is 8.69. The third-order valence-corrected chi connectivity index (χ3v) is 5.02. The number of benzene rings is 1. The van der Waals surface area contributed by atoms with E-state index in [4.69, 9.17) is 4.74 Å². The molecule has 1 aromatic rings. The van der Waals surface area contributed by atoms with Crippen molar-refractivity contribution in [2.45, 2.75) is 31.7 Å². The first kappa shape index (κ1) is 20.6. The van der Waals surface area contributed by atoms with Crippen molar-refractivity contribution in [3.8, 4) is 0 Å². The zero-order chi connectivity index (χ0) is 16.0. The minimum absolute atomic E-state index is 0. The van der Waals surface area contributed by atoms with Gasteiger partial charge in [-0.25, -0.2) is 0 Å². The number of guanidine groups is 1. The van der Waals surface area contributed by atoms with Gasteiger partial charge in [-0.3, -0.25) is 4.99 Å². The maximum atomic E-state index is 5.14. The quantitative estimate of drug-likeness (QED) is 0.435. The van der Waals surface area contributed by atoms with Crippen LogP contribution in [0.5, 0.6) is 0 Å². The fraction of sp³-hybridized carbons (Fsp3) is 0.588. The van der Waals surface area contributed by atoms with Crippen LogP contribution in [-0.4, -0.2) is 48.6 Å². The Morgan fingerprint density at radius 2 is 1.96 bits per heavy atom. The van der Waals surface area contributed by atoms with Crippen LogP contribution in [0.3, 0.4) is 0 Å². The van der Waals surface area contributed by atoms with E-state index < -0.39 is 0 Å². The molecule has 0 unspecified atom stereocenters. The molecule has 6 heteroatoms. The van der Waals surface area contributed by atoms with E-state index >= 15 is 0 Å². The fourth-order valence-electron chi connectivity index (χ4n) is 2.63. The van der Waals surface area contributed by atoms with Gasteiger partial charge < -0.3 is 15.0 Å². The molecular weight excluding hydrogens is 421 g/mol. The first-order chi connectivity index (χ1) is 10.5. The highest BCUT2D eigenvalue weighted by Crippen LogP contribution is 2.29. The lowest BCUT2D eigenvalue weighted by Gasteiger charge is -2.39. The molecule has 0 saturated carbocycles. The smallest absolute Gasteiger partial charge is 0.193 e. The molecule has 0 radical (unpaired) electrons. The van der Waals surface area contributed by atoms with E-state index in [1.807, 2.05) is 18.8 Å². The average molecular weight is 449 g/mol. The van der Waals surface area contributed by atoms with Gasteiger partial charge in [-0.2, -0.15) is 11.8 Å². The second kappa shape index (κ2) is 9.74. The molecular formula is C17H28IN3OS. The molecule has 1 heterocycles. The van der Waals surface area contributed by atoms with Crippen LogP contribution in [0.2, 0.25) is 0 Å². The second-order valence-corrected chi connectivity index (χ2v) is 7.98. The number of nitrogens with zero attached hydrogens (tertiary/aromatic N) is 2. The summed E-state index contributed by atoms with van der Waals surface area (Å²) in [4.78, 5) is 6.80. The predicted molar refractivity (Wildman–Crippen MR) is 111 cm³/mol. The molecule has 130 valence electrons. The summed E-state index contributed by atoms with van der Waals surface area (Å²) < 4.78 is 5.43. The molecule has 0 spiro atoms. The maximum Gasteiger partial charge on any atom is 0.193 e. The first-order valence-electron chi connectivity index (χ1n) is 7.70. The van der Waals surface area contributed by atoms with Crippen molar-refractivity contribution in [1.29, 1.82) is 0 Å². The Labute approximate surface area is 161 Å². The van der Waals surface area contributed by atoms with Crippen LogP contribution < -0.4 is 5.32 Å². The number of thioether (sulfide) groups is 1. The summed E-state index contributed by atoms with van der Waals surface area (Å²) in [5.41, 5.74) is 2.46. The van der Waals surface area contributed by atoms with Crippen LogP contribution in [-0.2, 0) is 17.9 Å². The van der Waals surface area contributed by atoms with Crippen molar-refractivity contribution in [2.24, 2.45) is 4.99 Å². The van der Waals surface area contributed by atoms with Gasteiger partial charge in [0.2, 0.25) is 0 Å². The maximum absolute atomic E-state index is 5.14. The Hall–Kier alpha value is -0.470. The summed E-state index contributed by atoms with van der Waals surface area (Å²) in [6.45, 7) is 8.14. The Morgan fingerprint density at radius 1 is 1.30 bits per heavy atom. The molecule has 4 nitrogen and oxygen atoms in total. The van der Waals surface area contributed by atoms with Crippen LogP contribution in [0.4, 0.5) is 0 Å². The van der Waals surface area contributed by atoms with Crippen LogP contribution in [0.25, 0.3) is 0 Å². The molecule has 0 aliphatic carbocycles. The van der Waals surface area contributed by atoms with Crippen molar-refractivity contribution in [1.82, 2.24) is 10.2 Å². The molecule has 0 amide bonds. The number of rotatable bonds is 4. The largest absolute Gasteiger partial charge is 0.380 e. The van der Waals surface area contributed by atoms with E-state index in [1.54, 1.807) is 7.11 Å². The van der Waals surface area contributed by atoms with Crippen molar-refractivity contribution >= 4 is 41.7 Å². The number of ether oxygens (including phenoxy) is 1. The average Bonchev–Trinajstić information content (AvgIpc) is 2.49. The molecule has 1 N–H and O–H groups in total. The SMILES string of the molecule is CN=C(NCc1ccc(COC)cc1)N1CCSC(C)(C)C1.I. The number of hydrogen-bond donors (Lipinski definition) is 1. The monoisotopic (exact) mass is 449 g/mol. The van der Waals surface area contributed by atoms with Crippen LogP contribution in [0.15, 0.2) is 29.3 Å². The fourth-order valence-corrected chi connectivity index (χ4v) is 3.74. The Morgan fingerprint density at radius 3 is 2.52 bits per heavy atom. The van der Waals surface area contributed by atoms with Gasteiger partial charge in [0.05, 0.1) is 6.61 Å². The number of methoxy groups -OCH3 is 1. The molecule has 1 aromatic carbocycles. The van der Waals surface area contributed by atoms with Crippen molar-refractivity contribution < 1.29 is 4.74 Å². The molecule has 1 aliphatic rings. The molecule has 0 bridgehead atoms. The molecule has 2 rings (SSSR count). The summed E-state index contributed by atoms with van der Waals surface area (Å²) >= 11 is 2.04. The highest BCUT2D eigenvalue weighted by Gasteiger charge is 2.28. The van der Waals surface area contributed by atoms with E-state index in [1.165, 1.54) is 11.1 Å². The van der Waals surface area contributed by atoms with Gasteiger partial charge in [-0.05, 0) is 25.0 Å². The molecule has 23 heavy (non-hydrogen) atoms. The van der Waals surface area contributed by atoms with E-state index in [0.717, 1.165) is 31.3 Å². The minimum atomic E-state index is 0. The summed E-state index contributed by atoms with van der Waals surface area (Å²) in [5, 5.41) is 3.48. The number of halogens is 1. The molecule has 0 atom stereocenters. The van der Waals surface area contributed by atoms with Crippen molar-refractivity contribution in [3.05, 3.63) is 35.4 Å². The van der Waals surface area contributed by atoms with E-state index in [-0.39, 0.29) is 28.7 Å². The van der Waals surface area contributed by atoms with Gasteiger partial charge in [0, 0.05) is 44.3 Å². The standard InChI is InChI=1S/C17H27N3OS.HI/c1-17(2)13-20(9-10-22-17)16(18-3)19-11-14-5-7-15(8-6-14)12-21-4;/h5-8H,9-13H2,1-4H3,(H,18,19);1H. The van der Waals surface area contributed by atoms with E-state index in [0.29, 0.717) is 6.61 Å². The summed E-state index contributed by atoms with van der Waals surface area (Å²) in [6, 6.07) is 8.52. The molecule has 1 fully saturated rings. The van der Waals surface area contributed by atoms with Gasteiger partial charge in [0.15, 0.2) is 5.96 Å². The van der Waals surface area contributed by atoms with Gasteiger partial charge in [0.1, 0.15) is 0 Å². The topological polar surface area (TPSA) is 36.9 Å². The normalized spacial score (nSPS) is 17.6. The van der Waals surface area contributed by atoms with Gasteiger partial charge in [-0.1, -0.05) is 24.3 Å². The molecule has 1 aliphatic heterocycles. The predicted octanol–water partition coefficient (Wildman–Crippen LogP) is 3.35. The van der Waals surface area contributed by atoms with Crippen molar-refractivity contribution in [2.75, 3.05) is 33.0 Å². The van der Waals surface area contributed by atoms with E-state index in [2.05, 4.69) is 53.3 Å². The third-order valence-electron chi connectivity index (χ3n) is 3.72. The number of nitrogens with one attached hydrogen (secondary N) is 1. The Balaban J connectivity index is 0.00000264. The zero-order valence-electron chi connectivity index (χ0n) is 14.5. The molecule has 1 saturated heterocycles. The summed E-state index contributed by atoms with van der Waals surface area (Å²) in [5.74, 6) is 2.15. The summed E-state index contributed by atoms with van der Waals surface area (Å²) in [7, 11) is 3.58. The summed E-state index contributed by atoms with van der Waals surface area (Å²) in [6.07, 6.45) is 0. The number of hydrogen-bond acceptors (Lipinski definition) is 3. The lowest BCUT2D eigenvalue weighted by molar-refractivity contribution is 0.185. The van der Waals surface area contributed by atoms with Gasteiger partial charge in [0.25, 0.3) is 0 Å². The number of aliphatic imine (C=N–C) groups is 1. The van der Waals surface area contributed by atoms with Crippen LogP contribution in [0.1, 0.15) is 25.0 Å². The Kier molecular flexibility index (Phi) is 8.71. The third kappa shape index (κ3) is 6.51. The lowest BCUT2D eigenvalue weighted by Crippen LogP contribution is -2.50. The van der Waals surface area contributed by atoms with Gasteiger partial charge in [-0.15, -0.1) is 24.0 Å². The second-order valence-electron chi connectivity index (χ2n) is 6.18. The van der Waals surface area contributed by atoms with Gasteiger partial charge >= 0.3 is 0 Å². The lowest BCUT2D eigenvalue weighted by atomic mass is 10.1. The van der Waals surface area contributed by atoms with Crippen molar-refractivity contribution in [3.63, 3.8) is 0 Å². The Bertz CT molecular complexity index is 505. The molecule has 0 aromatic heterocycles. The van der Waals surface area contributed by atoms with E-state index in [9.17, 15) is 0 Å². The van der Waals surface area contributed by atoms with Crippen LogP contribution in [0, 0.1) is 0 Å². The minimum Gasteiger partial charge on any atom is -0.380 e.